The lowest BCUT2D eigenvalue weighted by atomic mass is 10.1. The molecule has 0 aliphatic carbocycles. The van der Waals surface area contributed by atoms with E-state index in [2.05, 4.69) is 0 Å². The molecule has 1 aromatic rings. The molecule has 0 aromatic heterocycles. The van der Waals surface area contributed by atoms with E-state index >= 15 is 0 Å². The minimum absolute atomic E-state index is 0.0151. The highest BCUT2D eigenvalue weighted by Gasteiger charge is 2.12. The van der Waals surface area contributed by atoms with Gasteiger partial charge in [0.1, 0.15) is 0 Å². The normalized spacial score (nSPS) is 11.4. The Kier molecular flexibility index (Phi) is 6.10. The van der Waals surface area contributed by atoms with Crippen molar-refractivity contribution in [2.24, 2.45) is 0 Å². The molecule has 0 aliphatic heterocycles. The molecular weight excluding hydrogens is 256 g/mol. The summed E-state index contributed by atoms with van der Waals surface area (Å²) in [7, 11) is 1.59. The third-order valence-corrected chi connectivity index (χ3v) is 2.55. The predicted octanol–water partition coefficient (Wildman–Crippen LogP) is 3.45. The molecule has 0 bridgehead atoms. The molecular formula is C16H22O4. The molecule has 0 N–H and O–H groups in total. The van der Waals surface area contributed by atoms with Crippen molar-refractivity contribution in [3.63, 3.8) is 0 Å². The van der Waals surface area contributed by atoms with Crippen molar-refractivity contribution >= 4 is 12.0 Å². The zero-order valence-corrected chi connectivity index (χ0v) is 12.7. The Labute approximate surface area is 120 Å². The van der Waals surface area contributed by atoms with Gasteiger partial charge in [-0.25, -0.2) is 4.79 Å². The Morgan fingerprint density at radius 3 is 2.60 bits per heavy atom. The Bertz CT molecular complexity index is 489. The molecule has 4 nitrogen and oxygen atoms in total. The minimum atomic E-state index is -0.328. The fourth-order valence-electron chi connectivity index (χ4n) is 1.71. The van der Waals surface area contributed by atoms with Crippen molar-refractivity contribution in [1.82, 2.24) is 0 Å². The van der Waals surface area contributed by atoms with Crippen LogP contribution in [-0.2, 0) is 9.53 Å². The lowest BCUT2D eigenvalue weighted by Gasteiger charge is -2.16. The summed E-state index contributed by atoms with van der Waals surface area (Å²) in [6.07, 6.45) is 1.76. The van der Waals surface area contributed by atoms with Crippen LogP contribution in [0.5, 0.6) is 11.5 Å². The van der Waals surface area contributed by atoms with E-state index in [1.807, 2.05) is 32.0 Å². The van der Waals surface area contributed by atoms with Crippen molar-refractivity contribution in [1.29, 1.82) is 0 Å². The van der Waals surface area contributed by atoms with Crippen LogP contribution in [0.2, 0.25) is 0 Å². The van der Waals surface area contributed by atoms with E-state index in [-0.39, 0.29) is 12.1 Å². The fraction of sp³-hybridized carbons (Fsp3) is 0.438. The Morgan fingerprint density at radius 1 is 1.35 bits per heavy atom. The minimum Gasteiger partial charge on any atom is -0.493 e. The van der Waals surface area contributed by atoms with E-state index in [1.54, 1.807) is 27.0 Å². The van der Waals surface area contributed by atoms with Crippen LogP contribution < -0.4 is 9.47 Å². The van der Waals surface area contributed by atoms with Gasteiger partial charge in [0.15, 0.2) is 11.5 Å². The monoisotopic (exact) mass is 278 g/mol. The van der Waals surface area contributed by atoms with Crippen LogP contribution in [0.1, 0.15) is 33.3 Å². The number of methoxy groups -OCH3 is 1. The predicted molar refractivity (Wildman–Crippen MR) is 79.0 cm³/mol. The van der Waals surface area contributed by atoms with Gasteiger partial charge in [-0.15, -0.1) is 0 Å². The molecule has 0 heterocycles. The summed E-state index contributed by atoms with van der Waals surface area (Å²) < 4.78 is 16.1. The number of esters is 1. The maximum atomic E-state index is 11.7. The zero-order valence-electron chi connectivity index (χ0n) is 12.7. The highest BCUT2D eigenvalue weighted by atomic mass is 16.5. The standard InChI is InChI=1S/C16H22O4/c1-6-19-16(17)12(4)10-13-8-7-9-14(18-5)15(13)20-11(2)3/h7-11H,6H2,1-5H3/b12-10+. The van der Waals surface area contributed by atoms with Gasteiger partial charge in [-0.1, -0.05) is 12.1 Å². The average Bonchev–Trinajstić information content (AvgIpc) is 2.40. The lowest BCUT2D eigenvalue weighted by molar-refractivity contribution is -0.138. The maximum absolute atomic E-state index is 11.7. The van der Waals surface area contributed by atoms with Gasteiger partial charge >= 0.3 is 5.97 Å². The molecule has 4 heteroatoms. The first kappa shape index (κ1) is 16.1. The third-order valence-electron chi connectivity index (χ3n) is 2.55. The van der Waals surface area contributed by atoms with E-state index in [0.29, 0.717) is 23.7 Å². The van der Waals surface area contributed by atoms with E-state index in [1.165, 1.54) is 0 Å². The van der Waals surface area contributed by atoms with E-state index in [0.717, 1.165) is 5.56 Å². The molecule has 0 unspecified atom stereocenters. The van der Waals surface area contributed by atoms with E-state index < -0.39 is 0 Å². The highest BCUT2D eigenvalue weighted by Crippen LogP contribution is 2.33. The molecule has 0 saturated carbocycles. The van der Waals surface area contributed by atoms with Gasteiger partial charge in [0.2, 0.25) is 0 Å². The Hall–Kier alpha value is -1.97. The topological polar surface area (TPSA) is 44.8 Å². The van der Waals surface area contributed by atoms with Gasteiger partial charge in [0.25, 0.3) is 0 Å². The van der Waals surface area contributed by atoms with Gasteiger partial charge in [-0.05, 0) is 39.8 Å². The lowest BCUT2D eigenvalue weighted by Crippen LogP contribution is -2.09. The molecule has 0 radical (unpaired) electrons. The average molecular weight is 278 g/mol. The number of hydrogen-bond acceptors (Lipinski definition) is 4. The van der Waals surface area contributed by atoms with Gasteiger partial charge in [0.05, 0.1) is 19.8 Å². The molecule has 0 amide bonds. The molecule has 1 aromatic carbocycles. The molecule has 0 saturated heterocycles. The largest absolute Gasteiger partial charge is 0.493 e. The second kappa shape index (κ2) is 7.58. The second-order valence-electron chi connectivity index (χ2n) is 4.59. The summed E-state index contributed by atoms with van der Waals surface area (Å²) in [4.78, 5) is 11.7. The second-order valence-corrected chi connectivity index (χ2v) is 4.59. The zero-order chi connectivity index (χ0) is 15.1. The molecule has 0 spiro atoms. The number of carbonyl (C=O) groups is 1. The summed E-state index contributed by atoms with van der Waals surface area (Å²) in [5.41, 5.74) is 1.32. The summed E-state index contributed by atoms with van der Waals surface area (Å²) in [6.45, 7) is 7.74. The Balaban J connectivity index is 3.16. The van der Waals surface area contributed by atoms with Gasteiger partial charge in [-0.3, -0.25) is 0 Å². The van der Waals surface area contributed by atoms with Crippen LogP contribution in [0.4, 0.5) is 0 Å². The molecule has 0 aliphatic rings. The molecule has 0 atom stereocenters. The quantitative estimate of drug-likeness (QED) is 0.590. The maximum Gasteiger partial charge on any atom is 0.333 e. The number of hydrogen-bond donors (Lipinski definition) is 0. The number of para-hydroxylation sites is 1. The molecule has 1 rings (SSSR count). The first-order valence-corrected chi connectivity index (χ1v) is 6.68. The third kappa shape index (κ3) is 4.30. The van der Waals surface area contributed by atoms with Crippen LogP contribution in [0, 0.1) is 0 Å². The SMILES string of the molecule is CCOC(=O)/C(C)=C/c1cccc(OC)c1OC(C)C. The van der Waals surface area contributed by atoms with Crippen LogP contribution >= 0.6 is 0 Å². The van der Waals surface area contributed by atoms with Gasteiger partial charge in [0, 0.05) is 11.1 Å². The fourth-order valence-corrected chi connectivity index (χ4v) is 1.71. The number of ether oxygens (including phenoxy) is 3. The van der Waals surface area contributed by atoms with Crippen molar-refractivity contribution in [2.45, 2.75) is 33.8 Å². The van der Waals surface area contributed by atoms with Crippen LogP contribution in [0.15, 0.2) is 23.8 Å². The van der Waals surface area contributed by atoms with Crippen LogP contribution in [0.25, 0.3) is 6.08 Å². The van der Waals surface area contributed by atoms with Crippen LogP contribution in [0.3, 0.4) is 0 Å². The summed E-state index contributed by atoms with van der Waals surface area (Å²) in [5, 5.41) is 0. The first-order chi connectivity index (χ1) is 9.49. The van der Waals surface area contributed by atoms with E-state index in [9.17, 15) is 4.79 Å². The van der Waals surface area contributed by atoms with Gasteiger partial charge in [-0.2, -0.15) is 0 Å². The highest BCUT2D eigenvalue weighted by molar-refractivity contribution is 5.93. The number of carbonyl (C=O) groups excluding carboxylic acids is 1. The number of rotatable bonds is 6. The smallest absolute Gasteiger partial charge is 0.333 e. The summed E-state index contributed by atoms with van der Waals surface area (Å²) >= 11 is 0. The first-order valence-electron chi connectivity index (χ1n) is 6.68. The Morgan fingerprint density at radius 2 is 2.05 bits per heavy atom. The molecule has 0 fully saturated rings. The molecule has 20 heavy (non-hydrogen) atoms. The van der Waals surface area contributed by atoms with Crippen LogP contribution in [-0.4, -0.2) is 25.8 Å². The van der Waals surface area contributed by atoms with Crippen molar-refractivity contribution in [3.8, 4) is 11.5 Å². The van der Waals surface area contributed by atoms with Gasteiger partial charge < -0.3 is 14.2 Å². The summed E-state index contributed by atoms with van der Waals surface area (Å²) in [6, 6.07) is 5.56. The van der Waals surface area contributed by atoms with Crippen molar-refractivity contribution in [2.75, 3.05) is 13.7 Å². The van der Waals surface area contributed by atoms with Crippen molar-refractivity contribution in [3.05, 3.63) is 29.3 Å². The van der Waals surface area contributed by atoms with Crippen molar-refractivity contribution < 1.29 is 19.0 Å². The number of benzene rings is 1. The molecule has 110 valence electrons. The summed E-state index contributed by atoms with van der Waals surface area (Å²) in [5.74, 6) is 0.948. The van der Waals surface area contributed by atoms with E-state index in [4.69, 9.17) is 14.2 Å².